The minimum absolute atomic E-state index is 0.222. The van der Waals surface area contributed by atoms with Crippen LogP contribution in [0.15, 0.2) is 41.0 Å². The second-order valence-electron chi connectivity index (χ2n) is 4.75. The summed E-state index contributed by atoms with van der Waals surface area (Å²) in [6.45, 7) is 5.12. The van der Waals surface area contributed by atoms with Crippen LogP contribution < -0.4 is 5.32 Å². The summed E-state index contributed by atoms with van der Waals surface area (Å²) in [6.07, 6.45) is 2.71. The zero-order valence-electron chi connectivity index (χ0n) is 11.7. The van der Waals surface area contributed by atoms with E-state index in [1.807, 2.05) is 24.4 Å². The van der Waals surface area contributed by atoms with Gasteiger partial charge in [0.05, 0.1) is 0 Å². The van der Waals surface area contributed by atoms with Crippen molar-refractivity contribution in [3.8, 4) is 0 Å². The summed E-state index contributed by atoms with van der Waals surface area (Å²) in [5.74, 6) is 0. The van der Waals surface area contributed by atoms with Gasteiger partial charge in [0.25, 0.3) is 0 Å². The molecule has 1 aromatic carbocycles. The fourth-order valence-electron chi connectivity index (χ4n) is 2.25. The Kier molecular flexibility index (Phi) is 5.58. The second kappa shape index (κ2) is 7.21. The summed E-state index contributed by atoms with van der Waals surface area (Å²) >= 11 is 9.63. The van der Waals surface area contributed by atoms with Crippen molar-refractivity contribution in [3.63, 3.8) is 0 Å². The van der Waals surface area contributed by atoms with Gasteiger partial charge in [0.2, 0.25) is 0 Å². The molecule has 0 aliphatic carbocycles. The first-order valence-corrected chi connectivity index (χ1v) is 7.87. The molecule has 0 aliphatic rings. The van der Waals surface area contributed by atoms with Crippen molar-refractivity contribution in [3.05, 3.63) is 62.8 Å². The third-order valence-corrected chi connectivity index (χ3v) is 4.23. The minimum atomic E-state index is 0.222. The van der Waals surface area contributed by atoms with E-state index in [0.29, 0.717) is 0 Å². The van der Waals surface area contributed by atoms with E-state index < -0.39 is 0 Å². The van der Waals surface area contributed by atoms with Gasteiger partial charge in [-0.05, 0) is 42.8 Å². The van der Waals surface area contributed by atoms with E-state index in [-0.39, 0.29) is 6.04 Å². The molecule has 2 aromatic rings. The molecule has 0 saturated carbocycles. The van der Waals surface area contributed by atoms with E-state index >= 15 is 0 Å². The Morgan fingerprint density at radius 1 is 1.35 bits per heavy atom. The van der Waals surface area contributed by atoms with Crippen molar-refractivity contribution in [2.24, 2.45) is 0 Å². The van der Waals surface area contributed by atoms with Gasteiger partial charge in [-0.3, -0.25) is 4.98 Å². The fraction of sp³-hybridized carbons (Fsp3) is 0.312. The van der Waals surface area contributed by atoms with Gasteiger partial charge >= 0.3 is 0 Å². The normalized spacial score (nSPS) is 12.4. The number of likely N-dealkylation sites (N-methyl/N-ethyl adjacent to an activating group) is 1. The summed E-state index contributed by atoms with van der Waals surface area (Å²) in [5, 5.41) is 4.26. The molecule has 0 radical (unpaired) electrons. The third kappa shape index (κ3) is 3.81. The number of aryl methyl sites for hydroxylation is 1. The number of hydrogen-bond donors (Lipinski definition) is 1. The van der Waals surface area contributed by atoms with E-state index in [1.54, 1.807) is 0 Å². The molecule has 1 unspecified atom stereocenters. The van der Waals surface area contributed by atoms with Crippen molar-refractivity contribution in [1.29, 1.82) is 0 Å². The first-order valence-electron chi connectivity index (χ1n) is 6.70. The van der Waals surface area contributed by atoms with Gasteiger partial charge in [0, 0.05) is 33.8 Å². The molecular formula is C16H18BrClN2. The molecule has 20 heavy (non-hydrogen) atoms. The van der Waals surface area contributed by atoms with E-state index in [9.17, 15) is 0 Å². The first-order chi connectivity index (χ1) is 9.61. The Hall–Kier alpha value is -0.900. The van der Waals surface area contributed by atoms with Crippen molar-refractivity contribution >= 4 is 27.5 Å². The number of pyridine rings is 1. The molecule has 0 aliphatic heterocycles. The maximum Gasteiger partial charge on any atom is 0.0451 e. The van der Waals surface area contributed by atoms with Gasteiger partial charge < -0.3 is 5.32 Å². The van der Waals surface area contributed by atoms with Crippen LogP contribution >= 0.6 is 27.5 Å². The van der Waals surface area contributed by atoms with E-state index in [1.165, 1.54) is 11.1 Å². The molecule has 0 saturated heterocycles. The van der Waals surface area contributed by atoms with Gasteiger partial charge in [0.15, 0.2) is 0 Å². The number of aromatic nitrogens is 1. The Balaban J connectivity index is 2.29. The number of hydrogen-bond acceptors (Lipinski definition) is 2. The summed E-state index contributed by atoms with van der Waals surface area (Å²) in [4.78, 5) is 4.49. The van der Waals surface area contributed by atoms with Crippen LogP contribution in [0.1, 0.15) is 29.8 Å². The second-order valence-corrected chi connectivity index (χ2v) is 6.04. The Bertz CT molecular complexity index is 586. The average Bonchev–Trinajstić information content (AvgIpc) is 2.41. The quantitative estimate of drug-likeness (QED) is 0.843. The van der Waals surface area contributed by atoms with Crippen molar-refractivity contribution in [2.45, 2.75) is 26.3 Å². The van der Waals surface area contributed by atoms with Gasteiger partial charge in [-0.25, -0.2) is 0 Å². The average molecular weight is 354 g/mol. The lowest BCUT2D eigenvalue weighted by Crippen LogP contribution is -2.24. The van der Waals surface area contributed by atoms with E-state index in [2.05, 4.69) is 52.2 Å². The van der Waals surface area contributed by atoms with Gasteiger partial charge in [-0.2, -0.15) is 0 Å². The van der Waals surface area contributed by atoms with Crippen molar-refractivity contribution in [1.82, 2.24) is 10.3 Å². The lowest BCUT2D eigenvalue weighted by atomic mass is 9.99. The van der Waals surface area contributed by atoms with E-state index in [4.69, 9.17) is 11.6 Å². The topological polar surface area (TPSA) is 24.9 Å². The Morgan fingerprint density at radius 2 is 2.15 bits per heavy atom. The molecule has 0 bridgehead atoms. The van der Waals surface area contributed by atoms with Gasteiger partial charge in [-0.1, -0.05) is 46.6 Å². The molecule has 1 heterocycles. The molecule has 1 N–H and O–H groups in total. The van der Waals surface area contributed by atoms with Crippen LogP contribution in [0.25, 0.3) is 0 Å². The zero-order valence-corrected chi connectivity index (χ0v) is 14.0. The molecule has 1 aromatic heterocycles. The monoisotopic (exact) mass is 352 g/mol. The van der Waals surface area contributed by atoms with Crippen molar-refractivity contribution < 1.29 is 0 Å². The zero-order chi connectivity index (χ0) is 14.5. The van der Waals surface area contributed by atoms with Crippen LogP contribution in [0.2, 0.25) is 5.02 Å². The lowest BCUT2D eigenvalue weighted by Gasteiger charge is -2.20. The lowest BCUT2D eigenvalue weighted by molar-refractivity contribution is 0.541. The third-order valence-electron chi connectivity index (χ3n) is 3.30. The van der Waals surface area contributed by atoms with Crippen LogP contribution in [0.4, 0.5) is 0 Å². The molecule has 1 atom stereocenters. The minimum Gasteiger partial charge on any atom is -0.310 e. The maximum absolute atomic E-state index is 6.02. The Labute approximate surface area is 133 Å². The first kappa shape index (κ1) is 15.5. The highest BCUT2D eigenvalue weighted by atomic mass is 79.9. The van der Waals surface area contributed by atoms with Crippen LogP contribution in [-0.4, -0.2) is 11.5 Å². The van der Waals surface area contributed by atoms with Crippen LogP contribution in [0, 0.1) is 6.92 Å². The molecule has 0 amide bonds. The number of nitrogens with one attached hydrogen (secondary N) is 1. The molecular weight excluding hydrogens is 336 g/mol. The maximum atomic E-state index is 6.02. The van der Waals surface area contributed by atoms with Crippen molar-refractivity contribution in [2.75, 3.05) is 6.54 Å². The highest BCUT2D eigenvalue weighted by Gasteiger charge is 2.16. The predicted molar refractivity (Wildman–Crippen MR) is 88.2 cm³/mol. The molecule has 2 rings (SSSR count). The standard InChI is InChI=1S/C16H18BrClN2/c1-3-19-16(10-15-11(2)5-4-8-20-15)13-7-6-12(18)9-14(13)17/h4-9,16,19H,3,10H2,1-2H3. The summed E-state index contributed by atoms with van der Waals surface area (Å²) in [7, 11) is 0. The highest BCUT2D eigenvalue weighted by Crippen LogP contribution is 2.29. The smallest absolute Gasteiger partial charge is 0.0451 e. The fourth-order valence-corrected chi connectivity index (χ4v) is 3.21. The Morgan fingerprint density at radius 3 is 2.80 bits per heavy atom. The largest absolute Gasteiger partial charge is 0.310 e. The summed E-state index contributed by atoms with van der Waals surface area (Å²) in [6, 6.07) is 10.2. The SMILES string of the molecule is CCNC(Cc1ncccc1C)c1ccc(Cl)cc1Br. The number of nitrogens with zero attached hydrogens (tertiary/aromatic N) is 1. The van der Waals surface area contributed by atoms with Crippen LogP contribution in [0.5, 0.6) is 0 Å². The highest BCUT2D eigenvalue weighted by molar-refractivity contribution is 9.10. The molecule has 2 nitrogen and oxygen atoms in total. The number of halogens is 2. The predicted octanol–water partition coefficient (Wildman–Crippen LogP) is 4.70. The molecule has 0 spiro atoms. The summed E-state index contributed by atoms with van der Waals surface area (Å²) < 4.78 is 1.03. The van der Waals surface area contributed by atoms with Crippen LogP contribution in [-0.2, 0) is 6.42 Å². The molecule has 0 fully saturated rings. The van der Waals surface area contributed by atoms with E-state index in [0.717, 1.165) is 28.2 Å². The van der Waals surface area contributed by atoms with Gasteiger partial charge in [0.1, 0.15) is 0 Å². The molecule has 106 valence electrons. The summed E-state index contributed by atoms with van der Waals surface area (Å²) in [5.41, 5.74) is 3.56. The van der Waals surface area contributed by atoms with Gasteiger partial charge in [-0.15, -0.1) is 0 Å². The number of benzene rings is 1. The number of rotatable bonds is 5. The van der Waals surface area contributed by atoms with Crippen LogP contribution in [0.3, 0.4) is 0 Å². The molecule has 4 heteroatoms.